The molecule has 1 aromatic rings. The van der Waals surface area contributed by atoms with Gasteiger partial charge in [-0.1, -0.05) is 11.8 Å². The van der Waals surface area contributed by atoms with Crippen LogP contribution in [0, 0.1) is 0 Å². The Balaban J connectivity index is 2.24. The van der Waals surface area contributed by atoms with Crippen molar-refractivity contribution >= 4 is 11.8 Å². The number of quaternary nitrogens is 1. The average molecular weight is 199 g/mol. The molecular weight excluding hydrogens is 184 g/mol. The largest absolute Gasteiger partial charge is 0.337 e. The van der Waals surface area contributed by atoms with E-state index in [-0.39, 0.29) is 0 Å². The zero-order chi connectivity index (χ0) is 9.26. The van der Waals surface area contributed by atoms with Gasteiger partial charge in [0.2, 0.25) is 0 Å². The second-order valence-electron chi connectivity index (χ2n) is 3.38. The fourth-order valence-corrected chi connectivity index (χ4v) is 2.33. The summed E-state index contributed by atoms with van der Waals surface area (Å²) in [6.45, 7) is 1.23. The van der Waals surface area contributed by atoms with E-state index in [0.717, 1.165) is 11.0 Å². The Labute approximate surface area is 82.1 Å². The number of nitrogens with zero attached hydrogens (tertiary/aromatic N) is 3. The molecule has 1 aliphatic rings. The number of thioether (sulfide) groups is 1. The summed E-state index contributed by atoms with van der Waals surface area (Å²) in [5.74, 6) is 1.13. The van der Waals surface area contributed by atoms with E-state index in [0.29, 0.717) is 6.04 Å². The van der Waals surface area contributed by atoms with Gasteiger partial charge in [0, 0.05) is 19.9 Å². The van der Waals surface area contributed by atoms with E-state index in [1.807, 2.05) is 13.3 Å². The van der Waals surface area contributed by atoms with Crippen molar-refractivity contribution in [1.82, 2.24) is 14.8 Å². The molecule has 0 aromatic carbocycles. The van der Waals surface area contributed by atoms with E-state index in [2.05, 4.69) is 20.1 Å². The highest BCUT2D eigenvalue weighted by molar-refractivity contribution is 7.98. The Morgan fingerprint density at radius 1 is 1.54 bits per heavy atom. The lowest BCUT2D eigenvalue weighted by atomic mass is 10.2. The van der Waals surface area contributed by atoms with Gasteiger partial charge in [-0.3, -0.25) is 0 Å². The minimum atomic E-state index is 0.540. The third-order valence-corrected chi connectivity index (χ3v) is 3.27. The van der Waals surface area contributed by atoms with Gasteiger partial charge in [-0.05, 0) is 6.26 Å². The van der Waals surface area contributed by atoms with Gasteiger partial charge in [0.1, 0.15) is 6.04 Å². The van der Waals surface area contributed by atoms with Crippen molar-refractivity contribution in [2.75, 3.05) is 12.8 Å². The Hall–Kier alpha value is -0.550. The summed E-state index contributed by atoms with van der Waals surface area (Å²) >= 11 is 1.65. The van der Waals surface area contributed by atoms with Crippen molar-refractivity contribution in [2.45, 2.75) is 24.0 Å². The van der Waals surface area contributed by atoms with Crippen LogP contribution in [0.25, 0.3) is 0 Å². The average Bonchev–Trinajstić information content (AvgIpc) is 2.72. The second kappa shape index (κ2) is 3.67. The van der Waals surface area contributed by atoms with Crippen LogP contribution in [0.3, 0.4) is 0 Å². The van der Waals surface area contributed by atoms with Gasteiger partial charge >= 0.3 is 0 Å². The highest BCUT2D eigenvalue weighted by Crippen LogP contribution is 2.19. The second-order valence-corrected chi connectivity index (χ2v) is 4.15. The molecule has 13 heavy (non-hydrogen) atoms. The Bertz CT molecular complexity index is 290. The van der Waals surface area contributed by atoms with E-state index in [1.54, 1.807) is 11.8 Å². The maximum Gasteiger partial charge on any atom is 0.191 e. The van der Waals surface area contributed by atoms with Crippen molar-refractivity contribution < 1.29 is 5.32 Å². The van der Waals surface area contributed by atoms with Crippen LogP contribution >= 0.6 is 11.8 Å². The van der Waals surface area contributed by atoms with Crippen LogP contribution in [0.4, 0.5) is 0 Å². The maximum absolute atomic E-state index is 4.23. The lowest BCUT2D eigenvalue weighted by molar-refractivity contribution is -0.677. The van der Waals surface area contributed by atoms with Gasteiger partial charge in [-0.2, -0.15) is 0 Å². The summed E-state index contributed by atoms with van der Waals surface area (Å²) in [5, 5.41) is 11.7. The lowest BCUT2D eigenvalue weighted by Gasteiger charge is -2.05. The van der Waals surface area contributed by atoms with Gasteiger partial charge in [-0.25, -0.2) is 0 Å². The summed E-state index contributed by atoms with van der Waals surface area (Å²) < 4.78 is 2.11. The van der Waals surface area contributed by atoms with E-state index in [1.165, 1.54) is 19.4 Å². The van der Waals surface area contributed by atoms with Crippen LogP contribution in [0.15, 0.2) is 5.16 Å². The van der Waals surface area contributed by atoms with Crippen LogP contribution < -0.4 is 5.32 Å². The molecular formula is C8H15N4S+. The first-order valence-corrected chi connectivity index (χ1v) is 5.82. The summed E-state index contributed by atoms with van der Waals surface area (Å²) in [6.07, 6.45) is 4.57. The van der Waals surface area contributed by atoms with E-state index in [4.69, 9.17) is 0 Å². The number of hydrogen-bond acceptors (Lipinski definition) is 3. The highest BCUT2D eigenvalue weighted by atomic mass is 32.2. The molecule has 0 aliphatic carbocycles. The smallest absolute Gasteiger partial charge is 0.191 e. The number of rotatable bonds is 2. The van der Waals surface area contributed by atoms with Gasteiger partial charge in [0.05, 0.1) is 6.54 Å². The number of aromatic nitrogens is 3. The van der Waals surface area contributed by atoms with Crippen LogP contribution in [-0.4, -0.2) is 27.6 Å². The minimum Gasteiger partial charge on any atom is -0.337 e. The monoisotopic (exact) mass is 199 g/mol. The zero-order valence-corrected chi connectivity index (χ0v) is 8.84. The summed E-state index contributed by atoms with van der Waals surface area (Å²) in [6, 6.07) is 0.540. The first-order chi connectivity index (χ1) is 6.33. The fourth-order valence-electron chi connectivity index (χ4n) is 1.84. The van der Waals surface area contributed by atoms with Crippen molar-refractivity contribution in [3.8, 4) is 0 Å². The van der Waals surface area contributed by atoms with Gasteiger partial charge in [0.25, 0.3) is 0 Å². The lowest BCUT2D eigenvalue weighted by Crippen LogP contribution is -2.82. The summed E-state index contributed by atoms with van der Waals surface area (Å²) in [4.78, 5) is 0. The molecule has 72 valence electrons. The first-order valence-electron chi connectivity index (χ1n) is 4.59. The summed E-state index contributed by atoms with van der Waals surface area (Å²) in [7, 11) is 2.05. The molecule has 1 fully saturated rings. The Morgan fingerprint density at radius 3 is 2.92 bits per heavy atom. The topological polar surface area (TPSA) is 47.3 Å². The van der Waals surface area contributed by atoms with Crippen LogP contribution in [-0.2, 0) is 7.05 Å². The molecule has 0 bridgehead atoms. The molecule has 2 heterocycles. The molecule has 0 saturated carbocycles. The molecule has 0 unspecified atom stereocenters. The third-order valence-electron chi connectivity index (χ3n) is 2.55. The molecule has 1 saturated heterocycles. The van der Waals surface area contributed by atoms with Crippen molar-refractivity contribution in [3.63, 3.8) is 0 Å². The highest BCUT2D eigenvalue weighted by Gasteiger charge is 2.25. The molecule has 0 spiro atoms. The molecule has 1 aliphatic heterocycles. The van der Waals surface area contributed by atoms with E-state index >= 15 is 0 Å². The first kappa shape index (κ1) is 9.02. The quantitative estimate of drug-likeness (QED) is 0.679. The molecule has 1 aromatic heterocycles. The standard InChI is InChI=1S/C8H14N4S/c1-12-7(6-4-3-5-9-6)10-11-8(12)13-2/h6,9H,3-5H2,1-2H3/p+1/t6-/m0/s1. The molecule has 5 heteroatoms. The van der Waals surface area contributed by atoms with Gasteiger partial charge in [-0.15, -0.1) is 10.2 Å². The van der Waals surface area contributed by atoms with Crippen molar-refractivity contribution in [1.29, 1.82) is 0 Å². The Morgan fingerprint density at radius 2 is 2.38 bits per heavy atom. The molecule has 1 atom stereocenters. The predicted molar refractivity (Wildman–Crippen MR) is 51.6 cm³/mol. The Kier molecular flexibility index (Phi) is 2.55. The molecule has 0 amide bonds. The summed E-state index contributed by atoms with van der Waals surface area (Å²) in [5.41, 5.74) is 0. The number of hydrogen-bond donors (Lipinski definition) is 1. The number of nitrogens with two attached hydrogens (primary N) is 1. The van der Waals surface area contributed by atoms with Crippen molar-refractivity contribution in [2.24, 2.45) is 7.05 Å². The van der Waals surface area contributed by atoms with Crippen LogP contribution in [0.5, 0.6) is 0 Å². The zero-order valence-electron chi connectivity index (χ0n) is 8.03. The van der Waals surface area contributed by atoms with Crippen LogP contribution in [0.2, 0.25) is 0 Å². The van der Waals surface area contributed by atoms with Gasteiger partial charge < -0.3 is 9.88 Å². The molecule has 4 nitrogen and oxygen atoms in total. The normalized spacial score (nSPS) is 22.5. The van der Waals surface area contributed by atoms with E-state index in [9.17, 15) is 0 Å². The molecule has 0 radical (unpaired) electrons. The third kappa shape index (κ3) is 1.58. The predicted octanol–water partition coefficient (Wildman–Crippen LogP) is -0.0647. The minimum absolute atomic E-state index is 0.540. The maximum atomic E-state index is 4.23. The van der Waals surface area contributed by atoms with Crippen LogP contribution in [0.1, 0.15) is 24.7 Å². The van der Waals surface area contributed by atoms with Crippen molar-refractivity contribution in [3.05, 3.63) is 5.82 Å². The SMILES string of the molecule is CSc1nnc([C@@H]2CCC[NH2+]2)n1C. The molecule has 2 N–H and O–H groups in total. The fraction of sp³-hybridized carbons (Fsp3) is 0.750. The molecule has 2 rings (SSSR count). The van der Waals surface area contributed by atoms with Gasteiger partial charge in [0.15, 0.2) is 11.0 Å². The van der Waals surface area contributed by atoms with E-state index < -0.39 is 0 Å².